The van der Waals surface area contributed by atoms with Crippen molar-refractivity contribution in [3.8, 4) is 0 Å². The minimum atomic E-state index is -1.45. The number of carbonyl (C=O) groups is 3. The van der Waals surface area contributed by atoms with Crippen LogP contribution in [0, 0.1) is 5.92 Å². The fourth-order valence-electron chi connectivity index (χ4n) is 2.43. The molecule has 0 unspecified atom stereocenters. The summed E-state index contributed by atoms with van der Waals surface area (Å²) >= 11 is 13.2. The molecular weight excluding hydrogens is 566 g/mol. The van der Waals surface area contributed by atoms with Crippen LogP contribution in [0.1, 0.15) is 41.0 Å². The summed E-state index contributed by atoms with van der Waals surface area (Å²) in [6, 6.07) is -1.32. The van der Waals surface area contributed by atoms with Gasteiger partial charge in [-0.25, -0.2) is 0 Å². The second-order valence-electron chi connectivity index (χ2n) is 5.14. The second-order valence-corrected chi connectivity index (χ2v) is 8.31. The number of hydrogen-bond acceptors (Lipinski definition) is 4. The molecule has 0 aliphatic carbocycles. The van der Waals surface area contributed by atoms with Gasteiger partial charge in [0.15, 0.2) is 0 Å². The third-order valence-corrected chi connectivity index (χ3v) is 8.60. The van der Waals surface area contributed by atoms with Crippen molar-refractivity contribution in [2.24, 2.45) is 5.92 Å². The van der Waals surface area contributed by atoms with Gasteiger partial charge in [-0.05, 0) is 69.6 Å². The average molecular weight is 576 g/mol. The highest BCUT2D eigenvalue weighted by molar-refractivity contribution is 9.15. The first-order chi connectivity index (χ1) is 10.6. The van der Waals surface area contributed by atoms with Crippen LogP contribution < -0.4 is 5.11 Å². The van der Waals surface area contributed by atoms with Gasteiger partial charge in [0, 0.05) is 17.9 Å². The number of amides is 2. The van der Waals surface area contributed by atoms with Crippen LogP contribution in [0.25, 0.3) is 0 Å². The summed E-state index contributed by atoms with van der Waals surface area (Å²) in [5.74, 6) is -3.17. The number of aliphatic carboxylic acids is 1. The Morgan fingerprint density at radius 3 is 1.70 bits per heavy atom. The van der Waals surface area contributed by atoms with Crippen molar-refractivity contribution in [1.82, 2.24) is 4.90 Å². The maximum atomic E-state index is 12.7. The third kappa shape index (κ3) is 2.94. The topological polar surface area (TPSA) is 77.5 Å². The SMILES string of the molecule is CC[C@@H](C)[C@H](C(=O)[O-])N1C(=O)c2c(Br)c(Br)c(Br)c(Br)c2C1=O. The van der Waals surface area contributed by atoms with E-state index in [1.165, 1.54) is 0 Å². The minimum Gasteiger partial charge on any atom is -0.548 e. The van der Waals surface area contributed by atoms with Crippen molar-refractivity contribution in [2.45, 2.75) is 26.3 Å². The Hall–Kier alpha value is -0.250. The summed E-state index contributed by atoms with van der Waals surface area (Å²) in [6.45, 7) is 3.46. The molecule has 2 amide bonds. The molecule has 2 atom stereocenters. The monoisotopic (exact) mass is 572 g/mol. The molecule has 0 saturated carbocycles. The van der Waals surface area contributed by atoms with Gasteiger partial charge in [-0.3, -0.25) is 14.5 Å². The maximum Gasteiger partial charge on any atom is 0.263 e. The quantitative estimate of drug-likeness (QED) is 0.313. The fourth-order valence-corrected chi connectivity index (χ4v) is 4.89. The van der Waals surface area contributed by atoms with E-state index in [2.05, 4.69) is 63.7 Å². The normalized spacial score (nSPS) is 16.5. The van der Waals surface area contributed by atoms with Crippen molar-refractivity contribution in [1.29, 1.82) is 0 Å². The summed E-state index contributed by atoms with van der Waals surface area (Å²) in [5, 5.41) is 11.5. The molecule has 2 rings (SSSR count). The van der Waals surface area contributed by atoms with Gasteiger partial charge in [0.05, 0.1) is 23.1 Å². The second kappa shape index (κ2) is 6.93. The van der Waals surface area contributed by atoms with Crippen LogP contribution in [-0.4, -0.2) is 28.7 Å². The molecule has 1 aliphatic rings. The molecule has 0 fully saturated rings. The van der Waals surface area contributed by atoms with E-state index in [4.69, 9.17) is 0 Å². The van der Waals surface area contributed by atoms with Crippen LogP contribution in [0.4, 0.5) is 0 Å². The first-order valence-corrected chi connectivity index (χ1v) is 9.76. The van der Waals surface area contributed by atoms with E-state index in [-0.39, 0.29) is 11.1 Å². The highest BCUT2D eigenvalue weighted by atomic mass is 79.9. The lowest BCUT2D eigenvalue weighted by Gasteiger charge is -2.31. The number of carboxylic acids is 1. The lowest BCUT2D eigenvalue weighted by molar-refractivity contribution is -0.311. The van der Waals surface area contributed by atoms with Crippen LogP contribution in [-0.2, 0) is 4.79 Å². The first kappa shape index (κ1) is 19.1. The molecule has 0 spiro atoms. The van der Waals surface area contributed by atoms with E-state index in [9.17, 15) is 19.5 Å². The summed E-state index contributed by atoms with van der Waals surface area (Å²) in [5.41, 5.74) is 0.262. The third-order valence-electron chi connectivity index (χ3n) is 3.84. The molecular formula is C14H10Br4NO4-. The Morgan fingerprint density at radius 2 is 1.39 bits per heavy atom. The Bertz CT molecular complexity index is 687. The summed E-state index contributed by atoms with van der Waals surface area (Å²) in [4.78, 5) is 37.8. The number of rotatable bonds is 4. The highest BCUT2D eigenvalue weighted by Crippen LogP contribution is 2.45. The Kier molecular flexibility index (Phi) is 5.75. The van der Waals surface area contributed by atoms with Gasteiger partial charge >= 0.3 is 0 Å². The largest absolute Gasteiger partial charge is 0.548 e. The van der Waals surface area contributed by atoms with Crippen molar-refractivity contribution < 1.29 is 19.5 Å². The van der Waals surface area contributed by atoms with Gasteiger partial charge in [0.25, 0.3) is 11.8 Å². The first-order valence-electron chi connectivity index (χ1n) is 6.59. The van der Waals surface area contributed by atoms with E-state index in [1.54, 1.807) is 13.8 Å². The zero-order valence-electron chi connectivity index (χ0n) is 12.0. The summed E-state index contributed by atoms with van der Waals surface area (Å²) in [6.07, 6.45) is 0.488. The predicted molar refractivity (Wildman–Crippen MR) is 96.0 cm³/mol. The minimum absolute atomic E-state index is 0.131. The van der Waals surface area contributed by atoms with Crippen LogP contribution in [0.15, 0.2) is 17.9 Å². The lowest BCUT2D eigenvalue weighted by atomic mass is 9.98. The predicted octanol–water partition coefficient (Wildman–Crippen LogP) is 3.50. The molecule has 0 N–H and O–H groups in total. The molecule has 23 heavy (non-hydrogen) atoms. The van der Waals surface area contributed by atoms with E-state index in [0.717, 1.165) is 4.90 Å². The van der Waals surface area contributed by atoms with Crippen LogP contribution >= 0.6 is 63.7 Å². The molecule has 9 heteroatoms. The van der Waals surface area contributed by atoms with Crippen molar-refractivity contribution in [3.63, 3.8) is 0 Å². The fraction of sp³-hybridized carbons (Fsp3) is 0.357. The van der Waals surface area contributed by atoms with Gasteiger partial charge in [-0.15, -0.1) is 0 Å². The average Bonchev–Trinajstić information content (AvgIpc) is 2.75. The maximum absolute atomic E-state index is 12.7. The molecule has 1 heterocycles. The van der Waals surface area contributed by atoms with Crippen molar-refractivity contribution in [2.75, 3.05) is 0 Å². The molecule has 0 saturated heterocycles. The molecule has 1 aromatic carbocycles. The number of halogens is 4. The number of carbonyl (C=O) groups excluding carboxylic acids is 3. The van der Waals surface area contributed by atoms with E-state index < -0.39 is 29.7 Å². The van der Waals surface area contributed by atoms with Gasteiger partial charge in [-0.1, -0.05) is 20.3 Å². The van der Waals surface area contributed by atoms with Gasteiger partial charge in [-0.2, -0.15) is 0 Å². The van der Waals surface area contributed by atoms with E-state index >= 15 is 0 Å². The number of fused-ring (bicyclic) bond motifs is 1. The standard InChI is InChI=1S/C14H11Br4NO4/c1-3-4(2)11(14(22)23)19-12(20)5-6(13(19)21)8(16)10(18)9(17)7(5)15/h4,11H,3H2,1-2H3,(H,22,23)/p-1/t4-,11-/m1/s1. The molecule has 1 aromatic rings. The van der Waals surface area contributed by atoms with Gasteiger partial charge in [0.2, 0.25) is 0 Å². The van der Waals surface area contributed by atoms with Gasteiger partial charge < -0.3 is 9.90 Å². The number of imide groups is 1. The summed E-state index contributed by atoms with van der Waals surface area (Å²) < 4.78 is 1.90. The number of nitrogens with zero attached hydrogens (tertiary/aromatic N) is 1. The molecule has 124 valence electrons. The van der Waals surface area contributed by atoms with Crippen LogP contribution in [0.5, 0.6) is 0 Å². The highest BCUT2D eigenvalue weighted by Gasteiger charge is 2.45. The zero-order chi connectivity index (χ0) is 17.6. The molecule has 0 bridgehead atoms. The van der Waals surface area contributed by atoms with Gasteiger partial charge in [0.1, 0.15) is 0 Å². The van der Waals surface area contributed by atoms with E-state index in [1.807, 2.05) is 0 Å². The number of carboxylic acid groups (broad SMARTS) is 1. The van der Waals surface area contributed by atoms with Crippen LogP contribution in [0.3, 0.4) is 0 Å². The number of hydrogen-bond donors (Lipinski definition) is 0. The Balaban J connectivity index is 2.69. The molecule has 0 aromatic heterocycles. The molecule has 5 nitrogen and oxygen atoms in total. The zero-order valence-corrected chi connectivity index (χ0v) is 18.3. The number of benzene rings is 1. The summed E-state index contributed by atoms with van der Waals surface area (Å²) in [7, 11) is 0. The Labute approximate surface area is 166 Å². The van der Waals surface area contributed by atoms with Crippen molar-refractivity contribution >= 4 is 81.5 Å². The Morgan fingerprint density at radius 1 is 1.00 bits per heavy atom. The van der Waals surface area contributed by atoms with E-state index in [0.29, 0.717) is 24.3 Å². The smallest absolute Gasteiger partial charge is 0.263 e. The van der Waals surface area contributed by atoms with Crippen LogP contribution in [0.2, 0.25) is 0 Å². The lowest BCUT2D eigenvalue weighted by Crippen LogP contribution is -2.53. The molecule has 0 radical (unpaired) electrons. The van der Waals surface area contributed by atoms with Crippen molar-refractivity contribution in [3.05, 3.63) is 29.0 Å². The molecule has 1 aliphatic heterocycles.